The Labute approximate surface area is 209 Å². The van der Waals surface area contributed by atoms with Crippen molar-refractivity contribution in [3.8, 4) is 5.75 Å². The number of rotatable bonds is 8. The first-order valence-corrected chi connectivity index (χ1v) is 13.0. The van der Waals surface area contributed by atoms with Gasteiger partial charge >= 0.3 is 0 Å². The minimum Gasteiger partial charge on any atom is -0.492 e. The van der Waals surface area contributed by atoms with Crippen LogP contribution < -0.4 is 4.74 Å². The fourth-order valence-corrected chi connectivity index (χ4v) is 5.35. The van der Waals surface area contributed by atoms with Crippen molar-refractivity contribution >= 4 is 5.78 Å². The Hall–Kier alpha value is -2.95. The van der Waals surface area contributed by atoms with Crippen LogP contribution >= 0.6 is 0 Å². The van der Waals surface area contributed by atoms with Gasteiger partial charge in [-0.1, -0.05) is 60.7 Å². The van der Waals surface area contributed by atoms with Crippen LogP contribution in [0.1, 0.15) is 52.7 Å². The van der Waals surface area contributed by atoms with Crippen molar-refractivity contribution in [2.75, 3.05) is 26.2 Å². The highest BCUT2D eigenvalue weighted by molar-refractivity contribution is 5.96. The summed E-state index contributed by atoms with van der Waals surface area (Å²) in [5.41, 5.74) is 4.64. The predicted octanol–water partition coefficient (Wildman–Crippen LogP) is 5.96. The zero-order chi connectivity index (χ0) is 23.9. The number of carbonyl (C=O) groups is 1. The summed E-state index contributed by atoms with van der Waals surface area (Å²) in [4.78, 5) is 18.0. The number of Topliss-reactive ketones (excluding diaryl/α,β-unsaturated/α-hetero) is 1. The molecule has 3 aromatic rings. The first kappa shape index (κ1) is 23.8. The number of likely N-dealkylation sites (tertiary alicyclic amines) is 1. The molecular formula is C31H36N2O2. The molecule has 0 aliphatic carbocycles. The summed E-state index contributed by atoms with van der Waals surface area (Å²) in [5, 5.41) is 0. The lowest BCUT2D eigenvalue weighted by atomic mass is 9.90. The zero-order valence-electron chi connectivity index (χ0n) is 20.6. The summed E-state index contributed by atoms with van der Waals surface area (Å²) in [6.45, 7) is 6.55. The Morgan fingerprint density at radius 1 is 0.800 bits per heavy atom. The van der Waals surface area contributed by atoms with Crippen molar-refractivity contribution in [1.82, 2.24) is 9.80 Å². The van der Waals surface area contributed by atoms with E-state index in [0.717, 1.165) is 62.6 Å². The maximum atomic E-state index is 13.1. The maximum absolute atomic E-state index is 13.1. The summed E-state index contributed by atoms with van der Waals surface area (Å²) in [5.74, 6) is 1.83. The van der Waals surface area contributed by atoms with Crippen LogP contribution in [0.15, 0.2) is 78.9 Å². The van der Waals surface area contributed by atoms with Gasteiger partial charge in [-0.2, -0.15) is 0 Å². The fourth-order valence-electron chi connectivity index (χ4n) is 5.35. The van der Waals surface area contributed by atoms with Gasteiger partial charge in [0.15, 0.2) is 5.78 Å². The minimum atomic E-state index is 0.262. The smallest absolute Gasteiger partial charge is 0.162 e. The van der Waals surface area contributed by atoms with Crippen molar-refractivity contribution in [2.45, 2.75) is 45.3 Å². The number of carbonyl (C=O) groups excluding carboxylic acids is 1. The molecule has 0 N–H and O–H groups in total. The number of piperidine rings is 1. The molecule has 3 aromatic carbocycles. The van der Waals surface area contributed by atoms with E-state index in [1.807, 2.05) is 12.1 Å². The van der Waals surface area contributed by atoms with Crippen LogP contribution in [-0.2, 0) is 19.6 Å². The number of benzene rings is 3. The van der Waals surface area contributed by atoms with Crippen molar-refractivity contribution in [3.63, 3.8) is 0 Å². The van der Waals surface area contributed by atoms with Crippen LogP contribution in [0.2, 0.25) is 0 Å². The van der Waals surface area contributed by atoms with Crippen molar-refractivity contribution in [3.05, 3.63) is 101 Å². The number of nitrogens with zero attached hydrogens (tertiary/aromatic N) is 2. The molecule has 0 radical (unpaired) electrons. The lowest BCUT2D eigenvalue weighted by molar-refractivity contribution is 0.0961. The van der Waals surface area contributed by atoms with Crippen LogP contribution in [0.3, 0.4) is 0 Å². The number of ketones is 1. The van der Waals surface area contributed by atoms with E-state index in [2.05, 4.69) is 76.5 Å². The van der Waals surface area contributed by atoms with Gasteiger partial charge in [-0.05, 0) is 67.6 Å². The maximum Gasteiger partial charge on any atom is 0.162 e. The van der Waals surface area contributed by atoms with Gasteiger partial charge in [-0.25, -0.2) is 0 Å². The second-order valence-electron chi connectivity index (χ2n) is 10.0. The van der Waals surface area contributed by atoms with E-state index in [-0.39, 0.29) is 5.78 Å². The molecule has 182 valence electrons. The molecule has 0 spiro atoms. The molecule has 0 aromatic heterocycles. The number of fused-ring (bicyclic) bond motifs is 1. The zero-order valence-corrected chi connectivity index (χ0v) is 20.6. The normalized spacial score (nSPS) is 17.4. The highest BCUT2D eigenvalue weighted by Gasteiger charge is 2.21. The minimum absolute atomic E-state index is 0.262. The molecule has 0 bridgehead atoms. The van der Waals surface area contributed by atoms with Crippen LogP contribution in [0.25, 0.3) is 0 Å². The van der Waals surface area contributed by atoms with E-state index in [1.165, 1.54) is 24.0 Å². The number of hydrogen-bond donors (Lipinski definition) is 0. The Morgan fingerprint density at radius 2 is 1.46 bits per heavy atom. The number of hydrogen-bond acceptors (Lipinski definition) is 4. The van der Waals surface area contributed by atoms with Gasteiger partial charge in [0.2, 0.25) is 0 Å². The summed E-state index contributed by atoms with van der Waals surface area (Å²) in [6.07, 6.45) is 4.00. The van der Waals surface area contributed by atoms with E-state index in [1.54, 1.807) is 0 Å². The number of ether oxygens (including phenoxy) is 1. The van der Waals surface area contributed by atoms with Crippen molar-refractivity contribution < 1.29 is 9.53 Å². The summed E-state index contributed by atoms with van der Waals surface area (Å²) >= 11 is 0. The van der Waals surface area contributed by atoms with Gasteiger partial charge in [-0.15, -0.1) is 0 Å². The molecule has 2 aliphatic rings. The first-order valence-electron chi connectivity index (χ1n) is 13.0. The third kappa shape index (κ3) is 6.59. The fraction of sp³-hybridized carbons (Fsp3) is 0.387. The van der Waals surface area contributed by atoms with E-state index < -0.39 is 0 Å². The van der Waals surface area contributed by atoms with Crippen LogP contribution in [0.4, 0.5) is 0 Å². The molecular weight excluding hydrogens is 432 g/mol. The lowest BCUT2D eigenvalue weighted by Gasteiger charge is -2.32. The van der Waals surface area contributed by atoms with Crippen molar-refractivity contribution in [2.24, 2.45) is 5.92 Å². The average Bonchev–Trinajstić information content (AvgIpc) is 3.10. The molecule has 0 amide bonds. The second kappa shape index (κ2) is 11.7. The predicted molar refractivity (Wildman–Crippen MR) is 141 cm³/mol. The third-order valence-corrected chi connectivity index (χ3v) is 7.43. The summed E-state index contributed by atoms with van der Waals surface area (Å²) in [6, 6.07) is 27.3. The highest BCUT2D eigenvalue weighted by atomic mass is 16.5. The molecule has 0 atom stereocenters. The second-order valence-corrected chi connectivity index (χ2v) is 10.0. The summed E-state index contributed by atoms with van der Waals surface area (Å²) in [7, 11) is 0. The largest absolute Gasteiger partial charge is 0.492 e. The molecule has 1 saturated heterocycles. The standard InChI is InChI=1S/C31H36N2O2/c34-30(13-11-25-15-17-32(18-16-25)22-26-7-3-1-4-8-26)28-12-14-31-29(21-28)24-33(19-20-35-31)23-27-9-5-2-6-10-27/h1-10,12,14,21,25H,11,13,15-20,22-24H2. The lowest BCUT2D eigenvalue weighted by Crippen LogP contribution is -2.33. The van der Waals surface area contributed by atoms with Gasteiger partial charge in [0.25, 0.3) is 0 Å². The van der Waals surface area contributed by atoms with Gasteiger partial charge < -0.3 is 4.74 Å². The third-order valence-electron chi connectivity index (χ3n) is 7.43. The van der Waals surface area contributed by atoms with Gasteiger partial charge in [0.1, 0.15) is 12.4 Å². The molecule has 35 heavy (non-hydrogen) atoms. The van der Waals surface area contributed by atoms with E-state index >= 15 is 0 Å². The van der Waals surface area contributed by atoms with E-state index in [4.69, 9.17) is 4.74 Å². The van der Waals surface area contributed by atoms with Gasteiger partial charge in [0.05, 0.1) is 0 Å². The Bertz CT molecular complexity index is 1090. The Morgan fingerprint density at radius 3 is 2.14 bits per heavy atom. The first-order chi connectivity index (χ1) is 17.2. The molecule has 5 rings (SSSR count). The topological polar surface area (TPSA) is 32.8 Å². The monoisotopic (exact) mass is 468 g/mol. The van der Waals surface area contributed by atoms with Crippen LogP contribution in [0, 0.1) is 5.92 Å². The van der Waals surface area contributed by atoms with Crippen LogP contribution in [0.5, 0.6) is 5.75 Å². The molecule has 2 heterocycles. The van der Waals surface area contributed by atoms with Crippen LogP contribution in [-0.4, -0.2) is 41.8 Å². The quantitative estimate of drug-likeness (QED) is 0.382. The molecule has 0 unspecified atom stereocenters. The molecule has 1 fully saturated rings. The van der Waals surface area contributed by atoms with E-state index in [0.29, 0.717) is 18.9 Å². The molecule has 2 aliphatic heterocycles. The van der Waals surface area contributed by atoms with Gasteiger partial charge in [0, 0.05) is 43.7 Å². The van der Waals surface area contributed by atoms with E-state index in [9.17, 15) is 4.79 Å². The highest BCUT2D eigenvalue weighted by Crippen LogP contribution is 2.28. The van der Waals surface area contributed by atoms with Gasteiger partial charge in [-0.3, -0.25) is 14.6 Å². The summed E-state index contributed by atoms with van der Waals surface area (Å²) < 4.78 is 6.00. The Kier molecular flexibility index (Phi) is 7.92. The molecule has 4 nitrogen and oxygen atoms in total. The van der Waals surface area contributed by atoms with Crippen molar-refractivity contribution in [1.29, 1.82) is 0 Å². The SMILES string of the molecule is O=C(CCC1CCN(Cc2ccccc2)CC1)c1ccc2c(c1)CN(Cc1ccccc1)CCO2. The molecule has 0 saturated carbocycles. The Balaban J connectivity index is 1.12. The average molecular weight is 469 g/mol. The molecule has 4 heteroatoms.